The van der Waals surface area contributed by atoms with Crippen LogP contribution in [0.4, 0.5) is 5.82 Å². The number of carbonyl (C=O) groups is 1. The molecule has 4 N–H and O–H groups in total. The lowest BCUT2D eigenvalue weighted by Gasteiger charge is -2.26. The smallest absolute Gasteiger partial charge is 0.256 e. The molecule has 0 aliphatic heterocycles. The second-order valence-corrected chi connectivity index (χ2v) is 5.03. The number of H-pyrrole nitrogens is 1. The molecule has 1 heterocycles. The van der Waals surface area contributed by atoms with Crippen molar-refractivity contribution in [3.8, 4) is 0 Å². The highest BCUT2D eigenvalue weighted by Gasteiger charge is 2.19. The van der Waals surface area contributed by atoms with Gasteiger partial charge in [-0.05, 0) is 24.7 Å². The standard InChI is InChI=1S/C12H20N4O/c1-8-2-4-9(5-3-8)6-14-12(17)10-7-15-16-11(10)13/h7-9H,2-6H2,1H3,(H,14,17)(H3,13,15,16). The van der Waals surface area contributed by atoms with Gasteiger partial charge in [0.05, 0.1) is 6.20 Å². The molecular formula is C12H20N4O. The molecule has 0 spiro atoms. The predicted molar refractivity (Wildman–Crippen MR) is 66.5 cm³/mol. The van der Waals surface area contributed by atoms with Crippen LogP contribution in [0.25, 0.3) is 0 Å². The number of aromatic amines is 1. The van der Waals surface area contributed by atoms with Crippen LogP contribution in [0, 0.1) is 11.8 Å². The summed E-state index contributed by atoms with van der Waals surface area (Å²) in [7, 11) is 0. The van der Waals surface area contributed by atoms with Gasteiger partial charge in [-0.15, -0.1) is 0 Å². The van der Waals surface area contributed by atoms with Crippen LogP contribution < -0.4 is 11.1 Å². The normalized spacial score (nSPS) is 24.5. The third-order valence-electron chi connectivity index (χ3n) is 3.60. The van der Waals surface area contributed by atoms with Crippen molar-refractivity contribution in [3.05, 3.63) is 11.8 Å². The molecule has 0 saturated heterocycles. The van der Waals surface area contributed by atoms with Gasteiger partial charge in [0.25, 0.3) is 5.91 Å². The van der Waals surface area contributed by atoms with E-state index in [1.807, 2.05) is 0 Å². The molecule has 0 unspecified atom stereocenters. The Morgan fingerprint density at radius 3 is 2.82 bits per heavy atom. The zero-order chi connectivity index (χ0) is 12.3. The average Bonchev–Trinajstić information content (AvgIpc) is 2.74. The summed E-state index contributed by atoms with van der Waals surface area (Å²) in [5.41, 5.74) is 6.03. The summed E-state index contributed by atoms with van der Waals surface area (Å²) in [6.07, 6.45) is 6.43. The number of nitrogens with one attached hydrogen (secondary N) is 2. The maximum atomic E-state index is 11.8. The summed E-state index contributed by atoms with van der Waals surface area (Å²) in [4.78, 5) is 11.8. The van der Waals surface area contributed by atoms with Crippen LogP contribution in [0.1, 0.15) is 43.0 Å². The lowest BCUT2D eigenvalue weighted by atomic mass is 9.83. The molecule has 1 saturated carbocycles. The zero-order valence-corrected chi connectivity index (χ0v) is 10.2. The van der Waals surface area contributed by atoms with E-state index in [4.69, 9.17) is 5.73 Å². The fourth-order valence-corrected chi connectivity index (χ4v) is 2.34. The first-order valence-corrected chi connectivity index (χ1v) is 6.24. The minimum Gasteiger partial charge on any atom is -0.383 e. The summed E-state index contributed by atoms with van der Waals surface area (Å²) >= 11 is 0. The SMILES string of the molecule is CC1CCC(CNC(=O)c2cn[nH]c2N)CC1. The van der Waals surface area contributed by atoms with E-state index < -0.39 is 0 Å². The van der Waals surface area contributed by atoms with Gasteiger partial charge in [0.2, 0.25) is 0 Å². The first kappa shape index (κ1) is 12.0. The number of amides is 1. The van der Waals surface area contributed by atoms with Crippen molar-refractivity contribution in [1.82, 2.24) is 15.5 Å². The van der Waals surface area contributed by atoms with Gasteiger partial charge in [-0.2, -0.15) is 5.10 Å². The van der Waals surface area contributed by atoms with Crippen molar-refractivity contribution in [2.24, 2.45) is 11.8 Å². The molecule has 0 radical (unpaired) electrons. The van der Waals surface area contributed by atoms with E-state index in [-0.39, 0.29) is 5.91 Å². The summed E-state index contributed by atoms with van der Waals surface area (Å²) in [6.45, 7) is 3.04. The van der Waals surface area contributed by atoms with Gasteiger partial charge < -0.3 is 11.1 Å². The van der Waals surface area contributed by atoms with E-state index in [1.165, 1.54) is 31.9 Å². The average molecular weight is 236 g/mol. The fraction of sp³-hybridized carbons (Fsp3) is 0.667. The molecule has 5 nitrogen and oxygen atoms in total. The third kappa shape index (κ3) is 2.99. The van der Waals surface area contributed by atoms with E-state index in [0.29, 0.717) is 17.3 Å². The van der Waals surface area contributed by atoms with Crippen molar-refractivity contribution < 1.29 is 4.79 Å². The minimum atomic E-state index is -0.130. The van der Waals surface area contributed by atoms with E-state index in [0.717, 1.165) is 12.5 Å². The molecule has 1 aliphatic rings. The first-order valence-electron chi connectivity index (χ1n) is 6.24. The van der Waals surface area contributed by atoms with Crippen LogP contribution in [0.2, 0.25) is 0 Å². The van der Waals surface area contributed by atoms with Crippen LogP contribution in [0.5, 0.6) is 0 Å². The zero-order valence-electron chi connectivity index (χ0n) is 10.2. The van der Waals surface area contributed by atoms with Crippen molar-refractivity contribution in [1.29, 1.82) is 0 Å². The van der Waals surface area contributed by atoms with Gasteiger partial charge in [0, 0.05) is 6.54 Å². The minimum absolute atomic E-state index is 0.130. The maximum Gasteiger partial charge on any atom is 0.256 e. The number of nitrogen functional groups attached to an aromatic ring is 1. The molecule has 0 bridgehead atoms. The summed E-state index contributed by atoms with van der Waals surface area (Å²) in [5, 5.41) is 9.23. The molecule has 0 atom stereocenters. The molecule has 1 fully saturated rings. The number of nitrogens with two attached hydrogens (primary N) is 1. The van der Waals surface area contributed by atoms with Crippen LogP contribution in [-0.4, -0.2) is 22.6 Å². The maximum absolute atomic E-state index is 11.8. The van der Waals surface area contributed by atoms with Crippen LogP contribution in [-0.2, 0) is 0 Å². The van der Waals surface area contributed by atoms with Gasteiger partial charge in [0.15, 0.2) is 0 Å². The van der Waals surface area contributed by atoms with Gasteiger partial charge in [-0.3, -0.25) is 9.89 Å². The Bertz CT molecular complexity index is 380. The quantitative estimate of drug-likeness (QED) is 0.744. The molecule has 1 aliphatic carbocycles. The fourth-order valence-electron chi connectivity index (χ4n) is 2.34. The Morgan fingerprint density at radius 1 is 1.53 bits per heavy atom. The second-order valence-electron chi connectivity index (χ2n) is 5.03. The highest BCUT2D eigenvalue weighted by molar-refractivity contribution is 5.98. The van der Waals surface area contributed by atoms with Gasteiger partial charge >= 0.3 is 0 Å². The second kappa shape index (κ2) is 5.21. The van der Waals surface area contributed by atoms with Gasteiger partial charge in [-0.25, -0.2) is 0 Å². The van der Waals surface area contributed by atoms with Crippen molar-refractivity contribution in [2.75, 3.05) is 12.3 Å². The molecule has 2 rings (SSSR count). The molecule has 1 amide bonds. The Kier molecular flexibility index (Phi) is 3.66. The summed E-state index contributed by atoms with van der Waals surface area (Å²) < 4.78 is 0. The number of hydrogen-bond donors (Lipinski definition) is 3. The molecule has 17 heavy (non-hydrogen) atoms. The lowest BCUT2D eigenvalue weighted by molar-refractivity contribution is 0.0943. The number of anilines is 1. The third-order valence-corrected chi connectivity index (χ3v) is 3.60. The number of hydrogen-bond acceptors (Lipinski definition) is 3. The Hall–Kier alpha value is -1.52. The molecule has 1 aromatic rings. The monoisotopic (exact) mass is 236 g/mol. The van der Waals surface area contributed by atoms with E-state index in [2.05, 4.69) is 22.4 Å². The van der Waals surface area contributed by atoms with Gasteiger partial charge in [0.1, 0.15) is 11.4 Å². The Labute approximate surface area is 101 Å². The van der Waals surface area contributed by atoms with E-state index >= 15 is 0 Å². The molecule has 0 aromatic carbocycles. The predicted octanol–water partition coefficient (Wildman–Crippen LogP) is 1.55. The number of aromatic nitrogens is 2. The Balaban J connectivity index is 1.79. The number of carbonyl (C=O) groups excluding carboxylic acids is 1. The largest absolute Gasteiger partial charge is 0.383 e. The highest BCUT2D eigenvalue weighted by Crippen LogP contribution is 2.27. The van der Waals surface area contributed by atoms with E-state index in [9.17, 15) is 4.79 Å². The molecule has 5 heteroatoms. The van der Waals surface area contributed by atoms with Crippen molar-refractivity contribution >= 4 is 11.7 Å². The Morgan fingerprint density at radius 2 is 2.24 bits per heavy atom. The molecule has 94 valence electrons. The highest BCUT2D eigenvalue weighted by atomic mass is 16.1. The summed E-state index contributed by atoms with van der Waals surface area (Å²) in [6, 6.07) is 0. The van der Waals surface area contributed by atoms with Crippen LogP contribution in [0.3, 0.4) is 0 Å². The van der Waals surface area contributed by atoms with E-state index in [1.54, 1.807) is 0 Å². The molecular weight excluding hydrogens is 216 g/mol. The van der Waals surface area contributed by atoms with Crippen LogP contribution >= 0.6 is 0 Å². The van der Waals surface area contributed by atoms with Gasteiger partial charge in [-0.1, -0.05) is 19.8 Å². The number of rotatable bonds is 3. The molecule has 1 aromatic heterocycles. The lowest BCUT2D eigenvalue weighted by Crippen LogP contribution is -2.31. The topological polar surface area (TPSA) is 83.8 Å². The van der Waals surface area contributed by atoms with Crippen molar-refractivity contribution in [3.63, 3.8) is 0 Å². The van der Waals surface area contributed by atoms with Crippen LogP contribution in [0.15, 0.2) is 6.20 Å². The first-order chi connectivity index (χ1) is 8.16. The summed E-state index contributed by atoms with van der Waals surface area (Å²) in [5.74, 6) is 1.66. The number of nitrogens with zero attached hydrogens (tertiary/aromatic N) is 1. The van der Waals surface area contributed by atoms with Crippen molar-refractivity contribution in [2.45, 2.75) is 32.6 Å².